The smallest absolute Gasteiger partial charge is 0.252 e. The number of hydrogen-bond donors (Lipinski definition) is 2. The number of nitrogens with one attached hydrogen (secondary N) is 2. The van der Waals surface area contributed by atoms with Gasteiger partial charge < -0.3 is 0 Å². The number of hydrazine groups is 1. The maximum Gasteiger partial charge on any atom is 0.252 e. The molecule has 0 atom stereocenters. The zero-order chi connectivity index (χ0) is 20.2. The Balaban J connectivity index is -0.000000329. The van der Waals surface area contributed by atoms with Gasteiger partial charge in [-0.25, -0.2) is 9.82 Å². The molecule has 28 heavy (non-hydrogen) atoms. The van der Waals surface area contributed by atoms with Crippen molar-refractivity contribution in [3.63, 3.8) is 0 Å². The van der Waals surface area contributed by atoms with Crippen LogP contribution in [0.4, 0.5) is 8.87 Å². The van der Waals surface area contributed by atoms with Crippen molar-refractivity contribution in [2.24, 2.45) is 0 Å². The average molecular weight is 478 g/mol. The molecule has 0 unspecified atom stereocenters. The van der Waals surface area contributed by atoms with E-state index < -0.39 is 11.1 Å². The third-order valence-electron chi connectivity index (χ3n) is 2.54. The normalized spacial score (nSPS) is 9.25. The fourth-order valence-corrected chi connectivity index (χ4v) is 1.67. The predicted octanol–water partition coefficient (Wildman–Crippen LogP) is 5.96. The van der Waals surface area contributed by atoms with Crippen molar-refractivity contribution in [2.45, 2.75) is 26.3 Å². The average Bonchev–Trinajstić information content (AvgIpc) is 2.56. The molecule has 0 heterocycles. The molecule has 0 radical (unpaired) electrons. The molecule has 0 bridgehead atoms. The van der Waals surface area contributed by atoms with Crippen molar-refractivity contribution in [2.75, 3.05) is 0 Å². The SMILES string of the molecule is CC(C)(C)NNF.Cl.Cl.O=C(Cl)c1ccccc1.O=Cc1c(F)cccc1Cl. The van der Waals surface area contributed by atoms with Crippen LogP contribution >= 0.6 is 48.0 Å². The molecule has 158 valence electrons. The van der Waals surface area contributed by atoms with Crippen LogP contribution in [0.5, 0.6) is 0 Å². The highest BCUT2D eigenvalue weighted by atomic mass is 35.5. The van der Waals surface area contributed by atoms with Crippen molar-refractivity contribution in [3.8, 4) is 0 Å². The Morgan fingerprint density at radius 1 is 1.04 bits per heavy atom. The largest absolute Gasteiger partial charge is 0.298 e. The minimum atomic E-state index is -0.581. The molecule has 0 aliphatic heterocycles. The molecule has 0 saturated carbocycles. The maximum atomic E-state index is 12.5. The van der Waals surface area contributed by atoms with Crippen LogP contribution in [-0.2, 0) is 0 Å². The van der Waals surface area contributed by atoms with Crippen molar-refractivity contribution < 1.29 is 18.5 Å². The Labute approximate surface area is 185 Å². The molecule has 2 N–H and O–H groups in total. The molecule has 10 heteroatoms. The zero-order valence-corrected chi connectivity index (χ0v) is 18.5. The van der Waals surface area contributed by atoms with E-state index in [0.717, 1.165) is 0 Å². The summed E-state index contributed by atoms with van der Waals surface area (Å²) in [6.07, 6.45) is 0.400. The molecule has 0 fully saturated rings. The van der Waals surface area contributed by atoms with Gasteiger partial charge in [0.25, 0.3) is 5.24 Å². The first-order valence-corrected chi connectivity index (χ1v) is 8.15. The van der Waals surface area contributed by atoms with Crippen molar-refractivity contribution in [1.82, 2.24) is 11.1 Å². The molecular formula is C18H22Cl4F2N2O2. The molecule has 0 spiro atoms. The van der Waals surface area contributed by atoms with Gasteiger partial charge in [0.05, 0.1) is 10.6 Å². The summed E-state index contributed by atoms with van der Waals surface area (Å²) < 4.78 is 23.7. The highest BCUT2D eigenvalue weighted by Crippen LogP contribution is 2.15. The maximum absolute atomic E-state index is 12.5. The van der Waals surface area contributed by atoms with Crippen LogP contribution in [-0.4, -0.2) is 17.1 Å². The van der Waals surface area contributed by atoms with Gasteiger partial charge >= 0.3 is 0 Å². The molecule has 4 nitrogen and oxygen atoms in total. The van der Waals surface area contributed by atoms with E-state index in [1.54, 1.807) is 24.3 Å². The Morgan fingerprint density at radius 2 is 1.57 bits per heavy atom. The molecular weight excluding hydrogens is 456 g/mol. The van der Waals surface area contributed by atoms with E-state index in [1.165, 1.54) is 23.8 Å². The van der Waals surface area contributed by atoms with Crippen LogP contribution in [0.3, 0.4) is 0 Å². The topological polar surface area (TPSA) is 58.2 Å². The molecule has 0 saturated heterocycles. The van der Waals surface area contributed by atoms with E-state index in [0.29, 0.717) is 11.8 Å². The fourth-order valence-electron chi connectivity index (χ4n) is 1.33. The summed E-state index contributed by atoms with van der Waals surface area (Å²) in [6, 6.07) is 12.8. The summed E-state index contributed by atoms with van der Waals surface area (Å²) in [5.41, 5.74) is 4.00. The van der Waals surface area contributed by atoms with Gasteiger partial charge in [-0.3, -0.25) is 9.59 Å². The van der Waals surface area contributed by atoms with E-state index >= 15 is 0 Å². The van der Waals surface area contributed by atoms with Crippen molar-refractivity contribution in [3.05, 3.63) is 70.5 Å². The minimum Gasteiger partial charge on any atom is -0.298 e. The summed E-state index contributed by atoms with van der Waals surface area (Å²) in [6.45, 7) is 5.58. The number of hydrogen-bond acceptors (Lipinski definition) is 4. The van der Waals surface area contributed by atoms with Gasteiger partial charge in [0.2, 0.25) is 0 Å². The van der Waals surface area contributed by atoms with E-state index in [1.807, 2.05) is 26.8 Å². The number of carbonyl (C=O) groups excluding carboxylic acids is 2. The fraction of sp³-hybridized carbons (Fsp3) is 0.222. The number of rotatable bonds is 3. The van der Waals surface area contributed by atoms with Crippen LogP contribution < -0.4 is 11.1 Å². The lowest BCUT2D eigenvalue weighted by Gasteiger charge is -2.16. The van der Waals surface area contributed by atoms with Gasteiger partial charge in [-0.1, -0.05) is 53.6 Å². The molecule has 2 aromatic rings. The van der Waals surface area contributed by atoms with Crippen molar-refractivity contribution >= 4 is 59.5 Å². The van der Waals surface area contributed by atoms with Gasteiger partial charge in [0.15, 0.2) is 6.29 Å². The van der Waals surface area contributed by atoms with Crippen LogP contribution in [0, 0.1) is 5.82 Å². The van der Waals surface area contributed by atoms with Gasteiger partial charge in [-0.2, -0.15) is 0 Å². The number of benzene rings is 2. The molecule has 0 aliphatic rings. The lowest BCUT2D eigenvalue weighted by molar-refractivity contribution is 0.108. The van der Waals surface area contributed by atoms with Gasteiger partial charge in [-0.05, 0) is 44.5 Å². The molecule has 2 aromatic carbocycles. The van der Waals surface area contributed by atoms with E-state index in [9.17, 15) is 18.5 Å². The van der Waals surface area contributed by atoms with E-state index in [-0.39, 0.29) is 40.9 Å². The minimum absolute atomic E-state index is 0. The van der Waals surface area contributed by atoms with Gasteiger partial charge in [-0.15, -0.1) is 29.3 Å². The molecule has 2 rings (SSSR count). The Hall–Kier alpha value is -1.28. The first-order chi connectivity index (χ1) is 12.1. The number of carbonyl (C=O) groups is 2. The molecule has 0 amide bonds. The highest BCUT2D eigenvalue weighted by Gasteiger charge is 2.06. The van der Waals surface area contributed by atoms with Crippen molar-refractivity contribution in [1.29, 1.82) is 0 Å². The monoisotopic (exact) mass is 476 g/mol. The van der Waals surface area contributed by atoms with Gasteiger partial charge in [0, 0.05) is 11.1 Å². The van der Waals surface area contributed by atoms with E-state index in [2.05, 4.69) is 5.43 Å². The second kappa shape index (κ2) is 16.7. The van der Waals surface area contributed by atoms with Crippen LogP contribution in [0.25, 0.3) is 0 Å². The van der Waals surface area contributed by atoms with Crippen LogP contribution in [0.1, 0.15) is 41.5 Å². The highest BCUT2D eigenvalue weighted by molar-refractivity contribution is 6.67. The lowest BCUT2D eigenvalue weighted by Crippen LogP contribution is -2.41. The number of aldehydes is 1. The number of halogens is 6. The molecule has 0 aromatic heterocycles. The summed E-state index contributed by atoms with van der Waals surface area (Å²) in [4.78, 5) is 20.5. The third kappa shape index (κ3) is 14.7. The summed E-state index contributed by atoms with van der Waals surface area (Å²) in [7, 11) is 0. The standard InChI is InChI=1S/C7H4ClFO.C7H5ClO.C4H11FN2.2ClH/c8-6-2-1-3-7(9)5(6)4-10;8-7(9)6-4-2-1-3-5-6;1-4(2,3)6-7-5;;/h1-4H;1-5H;6-7H,1-3H3;2*1H. The summed E-state index contributed by atoms with van der Waals surface area (Å²) in [5, 5.41) is -0.259. The second-order valence-electron chi connectivity index (χ2n) is 5.86. The van der Waals surface area contributed by atoms with E-state index in [4.69, 9.17) is 23.2 Å². The zero-order valence-electron chi connectivity index (χ0n) is 15.3. The Kier molecular flexibility index (Phi) is 18.7. The quantitative estimate of drug-likeness (QED) is 0.247. The predicted molar refractivity (Wildman–Crippen MR) is 115 cm³/mol. The second-order valence-corrected chi connectivity index (χ2v) is 6.61. The third-order valence-corrected chi connectivity index (χ3v) is 3.09. The first-order valence-electron chi connectivity index (χ1n) is 7.39. The summed E-state index contributed by atoms with van der Waals surface area (Å²) in [5.74, 6) is -0.581. The summed E-state index contributed by atoms with van der Waals surface area (Å²) >= 11 is 10.6. The van der Waals surface area contributed by atoms with Crippen LogP contribution in [0.2, 0.25) is 5.02 Å². The van der Waals surface area contributed by atoms with Gasteiger partial charge in [0.1, 0.15) is 5.82 Å². The Bertz CT molecular complexity index is 679. The van der Waals surface area contributed by atoms with Crippen LogP contribution in [0.15, 0.2) is 48.5 Å². The first kappa shape index (κ1) is 31.4. The Morgan fingerprint density at radius 3 is 1.82 bits per heavy atom. The lowest BCUT2D eigenvalue weighted by atomic mass is 10.1. The molecule has 0 aliphatic carbocycles.